The molecule has 1 aromatic rings. The van der Waals surface area contributed by atoms with Gasteiger partial charge in [0, 0.05) is 23.5 Å². The first-order chi connectivity index (χ1) is 10.1. The second kappa shape index (κ2) is 7.80. The van der Waals surface area contributed by atoms with E-state index < -0.39 is 0 Å². The predicted molar refractivity (Wildman–Crippen MR) is 87.2 cm³/mol. The third-order valence-corrected chi connectivity index (χ3v) is 4.48. The number of halogens is 1. The Bertz CT molecular complexity index is 464. The number of rotatable bonds is 5. The molecule has 0 radical (unpaired) electrons. The fourth-order valence-electron chi connectivity index (χ4n) is 2.70. The number of hydrogen-bond donors (Lipinski definition) is 1. The zero-order valence-corrected chi connectivity index (χ0v) is 14.0. The highest BCUT2D eigenvalue weighted by Gasteiger charge is 2.27. The lowest BCUT2D eigenvalue weighted by atomic mass is 9.85. The molecule has 0 saturated heterocycles. The van der Waals surface area contributed by atoms with Crippen molar-refractivity contribution in [2.75, 3.05) is 20.2 Å². The van der Waals surface area contributed by atoms with E-state index in [1.807, 2.05) is 31.3 Å². The topological polar surface area (TPSA) is 55.6 Å². The van der Waals surface area contributed by atoms with Gasteiger partial charge in [0.1, 0.15) is 12.4 Å². The smallest absolute Gasteiger partial charge is 0.225 e. The first-order valence-corrected chi connectivity index (χ1v) is 8.24. The largest absolute Gasteiger partial charge is 0.492 e. The maximum absolute atomic E-state index is 12.3. The minimum Gasteiger partial charge on any atom is -0.492 e. The van der Waals surface area contributed by atoms with Crippen LogP contribution in [0.3, 0.4) is 0 Å². The minimum atomic E-state index is 0.0893. The van der Waals surface area contributed by atoms with Crippen LogP contribution in [0.15, 0.2) is 28.7 Å². The monoisotopic (exact) mass is 354 g/mol. The summed E-state index contributed by atoms with van der Waals surface area (Å²) in [5, 5.41) is 0. The fourth-order valence-corrected chi connectivity index (χ4v) is 2.97. The van der Waals surface area contributed by atoms with Crippen molar-refractivity contribution < 1.29 is 9.53 Å². The second-order valence-electron chi connectivity index (χ2n) is 5.69. The molecule has 2 rings (SSSR count). The molecule has 5 heteroatoms. The van der Waals surface area contributed by atoms with Gasteiger partial charge in [-0.15, -0.1) is 0 Å². The molecule has 1 aliphatic carbocycles. The molecule has 1 saturated carbocycles. The van der Waals surface area contributed by atoms with Crippen LogP contribution >= 0.6 is 15.9 Å². The van der Waals surface area contributed by atoms with E-state index in [2.05, 4.69) is 15.9 Å². The summed E-state index contributed by atoms with van der Waals surface area (Å²) in [6.45, 7) is 1.10. The van der Waals surface area contributed by atoms with E-state index in [1.165, 1.54) is 0 Å². The van der Waals surface area contributed by atoms with Crippen molar-refractivity contribution in [2.45, 2.75) is 31.7 Å². The molecule has 2 unspecified atom stereocenters. The van der Waals surface area contributed by atoms with Gasteiger partial charge in [-0.25, -0.2) is 0 Å². The molecule has 1 aromatic carbocycles. The molecular formula is C16H23BrN2O2. The highest BCUT2D eigenvalue weighted by molar-refractivity contribution is 9.10. The number of benzene rings is 1. The Morgan fingerprint density at radius 2 is 2.10 bits per heavy atom. The van der Waals surface area contributed by atoms with Gasteiger partial charge in [0.15, 0.2) is 0 Å². The number of likely N-dealkylation sites (N-methyl/N-ethyl adjacent to an activating group) is 1. The molecule has 1 fully saturated rings. The Morgan fingerprint density at radius 1 is 1.38 bits per heavy atom. The van der Waals surface area contributed by atoms with E-state index in [4.69, 9.17) is 10.5 Å². The quantitative estimate of drug-likeness (QED) is 0.884. The van der Waals surface area contributed by atoms with E-state index in [1.54, 1.807) is 4.90 Å². The number of ether oxygens (including phenoxy) is 1. The van der Waals surface area contributed by atoms with Gasteiger partial charge in [-0.2, -0.15) is 0 Å². The van der Waals surface area contributed by atoms with Gasteiger partial charge >= 0.3 is 0 Å². The van der Waals surface area contributed by atoms with Gasteiger partial charge in [-0.1, -0.05) is 22.4 Å². The van der Waals surface area contributed by atoms with Crippen molar-refractivity contribution >= 4 is 21.8 Å². The third kappa shape index (κ3) is 5.00. The van der Waals surface area contributed by atoms with Gasteiger partial charge in [-0.3, -0.25) is 4.79 Å². The molecule has 0 bridgehead atoms. The van der Waals surface area contributed by atoms with Crippen molar-refractivity contribution in [2.24, 2.45) is 11.7 Å². The molecule has 1 aliphatic rings. The Kier molecular flexibility index (Phi) is 6.06. The average molecular weight is 355 g/mol. The number of hydrogen-bond acceptors (Lipinski definition) is 3. The Hall–Kier alpha value is -1.07. The van der Waals surface area contributed by atoms with Crippen LogP contribution in [0.4, 0.5) is 0 Å². The second-order valence-corrected chi connectivity index (χ2v) is 6.60. The summed E-state index contributed by atoms with van der Waals surface area (Å²) in [6.07, 6.45) is 3.88. The number of amides is 1. The summed E-state index contributed by atoms with van der Waals surface area (Å²) >= 11 is 3.39. The van der Waals surface area contributed by atoms with Gasteiger partial charge in [-0.05, 0) is 43.5 Å². The summed E-state index contributed by atoms with van der Waals surface area (Å²) in [5.41, 5.74) is 5.95. The first-order valence-electron chi connectivity index (χ1n) is 7.45. The van der Waals surface area contributed by atoms with Crippen LogP contribution in [-0.2, 0) is 4.79 Å². The van der Waals surface area contributed by atoms with Crippen molar-refractivity contribution in [3.05, 3.63) is 28.7 Å². The van der Waals surface area contributed by atoms with Gasteiger partial charge in [0.05, 0.1) is 6.54 Å². The highest BCUT2D eigenvalue weighted by Crippen LogP contribution is 2.24. The van der Waals surface area contributed by atoms with E-state index in [0.717, 1.165) is 35.9 Å². The van der Waals surface area contributed by atoms with Crippen LogP contribution in [0.2, 0.25) is 0 Å². The molecular weight excluding hydrogens is 332 g/mol. The Balaban J connectivity index is 1.74. The molecule has 1 amide bonds. The van der Waals surface area contributed by atoms with Crippen LogP contribution in [0, 0.1) is 5.92 Å². The van der Waals surface area contributed by atoms with E-state index in [-0.39, 0.29) is 17.9 Å². The van der Waals surface area contributed by atoms with Gasteiger partial charge in [0.25, 0.3) is 0 Å². The fraction of sp³-hybridized carbons (Fsp3) is 0.562. The maximum atomic E-state index is 12.3. The van der Waals surface area contributed by atoms with Crippen molar-refractivity contribution in [1.82, 2.24) is 4.90 Å². The number of nitrogens with two attached hydrogens (primary N) is 1. The zero-order chi connectivity index (χ0) is 15.2. The van der Waals surface area contributed by atoms with Crippen LogP contribution in [-0.4, -0.2) is 37.0 Å². The molecule has 21 heavy (non-hydrogen) atoms. The predicted octanol–water partition coefficient (Wildman–Crippen LogP) is 2.80. The van der Waals surface area contributed by atoms with Crippen molar-refractivity contribution in [3.8, 4) is 5.75 Å². The minimum absolute atomic E-state index is 0.0893. The lowest BCUT2D eigenvalue weighted by molar-refractivity contribution is -0.135. The van der Waals surface area contributed by atoms with Crippen LogP contribution in [0.25, 0.3) is 0 Å². The Morgan fingerprint density at radius 3 is 2.76 bits per heavy atom. The first kappa shape index (κ1) is 16.3. The molecule has 4 nitrogen and oxygen atoms in total. The Labute approximate surface area is 134 Å². The number of nitrogens with zero attached hydrogens (tertiary/aromatic N) is 1. The summed E-state index contributed by atoms with van der Waals surface area (Å²) in [7, 11) is 1.84. The van der Waals surface area contributed by atoms with Crippen LogP contribution in [0.1, 0.15) is 25.7 Å². The molecule has 2 N–H and O–H groups in total. The van der Waals surface area contributed by atoms with Crippen molar-refractivity contribution in [1.29, 1.82) is 0 Å². The van der Waals surface area contributed by atoms with E-state index >= 15 is 0 Å². The molecule has 0 spiro atoms. The molecule has 0 aliphatic heterocycles. The van der Waals surface area contributed by atoms with Crippen LogP contribution in [0.5, 0.6) is 5.75 Å². The SMILES string of the molecule is CN(CCOc1ccc(Br)cc1)C(=O)C1CCCC(N)C1. The summed E-state index contributed by atoms with van der Waals surface area (Å²) in [5.74, 6) is 1.11. The van der Waals surface area contributed by atoms with E-state index in [9.17, 15) is 4.79 Å². The summed E-state index contributed by atoms with van der Waals surface area (Å²) < 4.78 is 6.67. The van der Waals surface area contributed by atoms with Crippen molar-refractivity contribution in [3.63, 3.8) is 0 Å². The summed E-state index contributed by atoms with van der Waals surface area (Å²) in [4.78, 5) is 14.1. The molecule has 2 atom stereocenters. The van der Waals surface area contributed by atoms with Crippen LogP contribution < -0.4 is 10.5 Å². The molecule has 0 heterocycles. The number of carbonyl (C=O) groups excluding carboxylic acids is 1. The average Bonchev–Trinajstić information content (AvgIpc) is 2.48. The lowest BCUT2D eigenvalue weighted by Gasteiger charge is -2.29. The van der Waals surface area contributed by atoms with E-state index in [0.29, 0.717) is 13.2 Å². The lowest BCUT2D eigenvalue weighted by Crippen LogP contribution is -2.40. The molecule has 116 valence electrons. The van der Waals surface area contributed by atoms with Gasteiger partial charge in [0.2, 0.25) is 5.91 Å². The zero-order valence-electron chi connectivity index (χ0n) is 12.4. The number of carbonyl (C=O) groups is 1. The normalized spacial score (nSPS) is 21.9. The standard InChI is InChI=1S/C16H23BrN2O2/c1-19(16(20)12-3-2-4-14(18)11-12)9-10-21-15-7-5-13(17)6-8-15/h5-8,12,14H,2-4,9-11,18H2,1H3. The van der Waals surface area contributed by atoms with Gasteiger partial charge < -0.3 is 15.4 Å². The third-order valence-electron chi connectivity index (χ3n) is 3.95. The highest BCUT2D eigenvalue weighted by atomic mass is 79.9. The molecule has 0 aromatic heterocycles. The summed E-state index contributed by atoms with van der Waals surface area (Å²) in [6, 6.07) is 7.87. The maximum Gasteiger partial charge on any atom is 0.225 e.